The summed E-state index contributed by atoms with van der Waals surface area (Å²) in [6, 6.07) is 7.06. The molecule has 2 rings (SSSR count). The average Bonchev–Trinajstić information content (AvgIpc) is 2.90. The number of hydrogen-bond acceptors (Lipinski definition) is 3. The zero-order valence-electron chi connectivity index (χ0n) is 9.83. The summed E-state index contributed by atoms with van der Waals surface area (Å²) in [7, 11) is -3.79. The lowest BCUT2D eigenvalue weighted by atomic mass is 10.1. The van der Waals surface area contributed by atoms with E-state index in [1.807, 2.05) is 0 Å². The van der Waals surface area contributed by atoms with E-state index in [9.17, 15) is 21.6 Å². The predicted molar refractivity (Wildman–Crippen MR) is 70.5 cm³/mol. The van der Waals surface area contributed by atoms with Crippen molar-refractivity contribution in [2.24, 2.45) is 4.40 Å². The summed E-state index contributed by atoms with van der Waals surface area (Å²) in [6.07, 6.45) is -3.39. The number of thiophene rings is 1. The number of nitrogens with zero attached hydrogens (tertiary/aromatic N) is 1. The Balaban J connectivity index is 2.21. The number of benzene rings is 1. The van der Waals surface area contributed by atoms with Crippen LogP contribution in [0.15, 0.2) is 50.4 Å². The van der Waals surface area contributed by atoms with Crippen molar-refractivity contribution in [1.82, 2.24) is 0 Å². The van der Waals surface area contributed by atoms with Gasteiger partial charge < -0.3 is 0 Å². The molecule has 0 saturated carbocycles. The molecule has 1 aromatic heterocycles. The number of hydrogen-bond donors (Lipinski definition) is 0. The molecule has 0 atom stereocenters. The third-order valence-electron chi connectivity index (χ3n) is 2.33. The van der Waals surface area contributed by atoms with Gasteiger partial charge in [-0.05, 0) is 29.1 Å². The molecule has 0 saturated heterocycles. The van der Waals surface area contributed by atoms with E-state index in [-0.39, 0.29) is 9.77 Å². The van der Waals surface area contributed by atoms with Gasteiger partial charge in [0.2, 0.25) is 0 Å². The minimum Gasteiger partial charge on any atom is -0.198 e. The van der Waals surface area contributed by atoms with Crippen LogP contribution in [0, 0.1) is 0 Å². The van der Waals surface area contributed by atoms with Crippen LogP contribution in [0.5, 0.6) is 0 Å². The first-order valence-corrected chi connectivity index (χ1v) is 7.62. The van der Waals surface area contributed by atoms with Crippen molar-refractivity contribution in [3.8, 4) is 0 Å². The number of rotatable bonds is 3. The first-order valence-electron chi connectivity index (χ1n) is 5.30. The summed E-state index contributed by atoms with van der Waals surface area (Å²) in [4.78, 5) is 0. The molecule has 0 fully saturated rings. The molecule has 0 spiro atoms. The van der Waals surface area contributed by atoms with Crippen molar-refractivity contribution < 1.29 is 21.6 Å². The molecule has 3 nitrogen and oxygen atoms in total. The van der Waals surface area contributed by atoms with Crippen molar-refractivity contribution in [3.63, 3.8) is 0 Å². The van der Waals surface area contributed by atoms with Gasteiger partial charge in [-0.15, -0.1) is 11.3 Å². The van der Waals surface area contributed by atoms with Crippen molar-refractivity contribution in [2.75, 3.05) is 0 Å². The maximum atomic E-state index is 12.4. The first kappa shape index (κ1) is 14.7. The Kier molecular flexibility index (Phi) is 3.96. The third-order valence-corrected chi connectivity index (χ3v) is 4.94. The van der Waals surface area contributed by atoms with Gasteiger partial charge in [-0.1, -0.05) is 18.2 Å². The Morgan fingerprint density at radius 3 is 2.25 bits per heavy atom. The molecule has 0 aliphatic rings. The monoisotopic (exact) mass is 319 g/mol. The van der Waals surface area contributed by atoms with Crippen molar-refractivity contribution in [3.05, 3.63) is 52.9 Å². The normalized spacial score (nSPS) is 12.9. The Morgan fingerprint density at radius 2 is 1.75 bits per heavy atom. The van der Waals surface area contributed by atoms with E-state index >= 15 is 0 Å². The summed E-state index contributed by atoms with van der Waals surface area (Å²) in [5.41, 5.74) is -0.520. The van der Waals surface area contributed by atoms with Gasteiger partial charge in [0, 0.05) is 6.21 Å². The van der Waals surface area contributed by atoms with Crippen LogP contribution >= 0.6 is 11.3 Å². The molecule has 2 aromatic rings. The van der Waals surface area contributed by atoms with E-state index in [0.29, 0.717) is 0 Å². The molecule has 0 aliphatic carbocycles. The van der Waals surface area contributed by atoms with E-state index in [4.69, 9.17) is 0 Å². The summed E-state index contributed by atoms with van der Waals surface area (Å²) >= 11 is 1.02. The highest BCUT2D eigenvalue weighted by molar-refractivity contribution is 7.92. The maximum absolute atomic E-state index is 12.4. The van der Waals surface area contributed by atoms with Crippen molar-refractivity contribution in [1.29, 1.82) is 0 Å². The molecule has 0 radical (unpaired) electrons. The Hall–Kier alpha value is -1.67. The lowest BCUT2D eigenvalue weighted by Gasteiger charge is -2.05. The second kappa shape index (κ2) is 5.37. The van der Waals surface area contributed by atoms with Crippen LogP contribution in [0.3, 0.4) is 0 Å². The van der Waals surface area contributed by atoms with Gasteiger partial charge in [-0.25, -0.2) is 0 Å². The fraction of sp³-hybridized carbons (Fsp3) is 0.0833. The molecule has 20 heavy (non-hydrogen) atoms. The number of sulfonamides is 1. The minimum atomic E-state index is -4.42. The molecule has 8 heteroatoms. The highest BCUT2D eigenvalue weighted by Crippen LogP contribution is 2.29. The lowest BCUT2D eigenvalue weighted by molar-refractivity contribution is -0.137. The van der Waals surface area contributed by atoms with E-state index in [1.54, 1.807) is 11.4 Å². The van der Waals surface area contributed by atoms with Crippen molar-refractivity contribution in [2.45, 2.75) is 10.4 Å². The molecule has 0 bridgehead atoms. The summed E-state index contributed by atoms with van der Waals surface area (Å²) in [6.45, 7) is 0. The zero-order chi connectivity index (χ0) is 14.8. The first-order chi connectivity index (χ1) is 9.29. The van der Waals surface area contributed by atoms with Crippen LogP contribution in [-0.4, -0.2) is 14.6 Å². The molecule has 0 N–H and O–H groups in total. The summed E-state index contributed by atoms with van der Waals surface area (Å²) in [5.74, 6) is 0. The highest BCUT2D eigenvalue weighted by atomic mass is 32.2. The lowest BCUT2D eigenvalue weighted by Crippen LogP contribution is -2.04. The second-order valence-corrected chi connectivity index (χ2v) is 6.57. The Bertz CT molecular complexity index is 702. The Labute approximate surface area is 117 Å². The molecular weight excluding hydrogens is 311 g/mol. The van der Waals surface area contributed by atoms with Gasteiger partial charge in [0.05, 0.1) is 5.56 Å². The van der Waals surface area contributed by atoms with Crippen molar-refractivity contribution >= 4 is 27.6 Å². The van der Waals surface area contributed by atoms with E-state index in [2.05, 4.69) is 4.40 Å². The molecule has 106 valence electrons. The molecule has 1 heterocycles. The van der Waals surface area contributed by atoms with Crippen LogP contribution in [0.1, 0.15) is 11.1 Å². The molecule has 0 amide bonds. The molecular formula is C12H8F3NO2S2. The quantitative estimate of drug-likeness (QED) is 0.812. The maximum Gasteiger partial charge on any atom is 0.416 e. The zero-order valence-corrected chi connectivity index (χ0v) is 11.5. The van der Waals surface area contributed by atoms with Gasteiger partial charge in [0.25, 0.3) is 10.0 Å². The highest BCUT2D eigenvalue weighted by Gasteiger charge is 2.29. The fourth-order valence-electron chi connectivity index (χ4n) is 1.35. The smallest absolute Gasteiger partial charge is 0.198 e. The predicted octanol–water partition coefficient (Wildman–Crippen LogP) is 3.57. The topological polar surface area (TPSA) is 46.5 Å². The van der Waals surface area contributed by atoms with Gasteiger partial charge in [0.1, 0.15) is 4.21 Å². The van der Waals surface area contributed by atoms with E-state index in [0.717, 1.165) is 41.8 Å². The van der Waals surface area contributed by atoms with Crippen LogP contribution in [0.2, 0.25) is 0 Å². The van der Waals surface area contributed by atoms with Gasteiger partial charge in [0.15, 0.2) is 0 Å². The van der Waals surface area contributed by atoms with Crippen LogP contribution in [-0.2, 0) is 16.2 Å². The molecule has 1 aromatic carbocycles. The standard InChI is InChI=1S/C12H8F3NO2S2/c13-12(14,15)10-5-3-9(4-6-10)8-16-20(17,18)11-2-1-7-19-11/h1-8H/b16-8-. The van der Waals surface area contributed by atoms with Gasteiger partial charge >= 0.3 is 6.18 Å². The SMILES string of the molecule is O=S(=O)(/N=C\c1ccc(C(F)(F)F)cc1)c1cccs1. The summed E-state index contributed by atoms with van der Waals surface area (Å²) in [5, 5.41) is 1.60. The van der Waals surface area contributed by atoms with Crippen LogP contribution < -0.4 is 0 Å². The minimum absolute atomic E-state index is 0.0839. The van der Waals surface area contributed by atoms with E-state index in [1.165, 1.54) is 6.07 Å². The number of alkyl halides is 3. The second-order valence-electron chi connectivity index (χ2n) is 3.76. The fourth-order valence-corrected chi connectivity index (χ4v) is 3.20. The molecule has 0 unspecified atom stereocenters. The van der Waals surface area contributed by atoms with E-state index < -0.39 is 21.8 Å². The molecule has 0 aliphatic heterocycles. The largest absolute Gasteiger partial charge is 0.416 e. The van der Waals surface area contributed by atoms with Crippen LogP contribution in [0.4, 0.5) is 13.2 Å². The Morgan fingerprint density at radius 1 is 1.10 bits per heavy atom. The third kappa shape index (κ3) is 3.45. The average molecular weight is 319 g/mol. The number of halogens is 3. The van der Waals surface area contributed by atoms with Gasteiger partial charge in [-0.3, -0.25) is 0 Å². The summed E-state index contributed by atoms with van der Waals surface area (Å²) < 4.78 is 64.0. The van der Waals surface area contributed by atoms with Crippen LogP contribution in [0.25, 0.3) is 0 Å². The van der Waals surface area contributed by atoms with Gasteiger partial charge in [-0.2, -0.15) is 26.0 Å².